The fourth-order valence-electron chi connectivity index (χ4n) is 2.55. The van der Waals surface area contributed by atoms with Crippen molar-refractivity contribution in [3.8, 4) is 0 Å². The molecule has 0 aliphatic carbocycles. The maximum absolute atomic E-state index is 5.76. The Morgan fingerprint density at radius 3 is 2.75 bits per heavy atom. The summed E-state index contributed by atoms with van der Waals surface area (Å²) in [5, 5.41) is 3.97. The van der Waals surface area contributed by atoms with Crippen LogP contribution in [0.3, 0.4) is 0 Å². The van der Waals surface area contributed by atoms with E-state index in [1.807, 2.05) is 24.4 Å². The number of aromatic nitrogens is 1. The summed E-state index contributed by atoms with van der Waals surface area (Å²) in [7, 11) is 0. The molecule has 1 fully saturated rings. The average Bonchev–Trinajstić information content (AvgIpc) is 2.92. The Hall–Kier alpha value is -1.52. The minimum absolute atomic E-state index is 0.451. The molecule has 3 rings (SSSR count). The number of hydrogen-bond donors (Lipinski definition) is 1. The van der Waals surface area contributed by atoms with Crippen molar-refractivity contribution in [2.24, 2.45) is 0 Å². The van der Waals surface area contributed by atoms with Crippen LogP contribution in [0.4, 0.5) is 5.82 Å². The predicted molar refractivity (Wildman–Crippen MR) is 80.0 cm³/mol. The fraction of sp³-hybridized carbons (Fsp3) is 0.400. The average molecular weight is 292 g/mol. The molecule has 4 nitrogen and oxygen atoms in total. The normalized spacial score (nSPS) is 16.6. The SMILES string of the molecule is Clc1ccc(CNC2CCN(c3ccccn3)CC2)o1. The van der Waals surface area contributed by atoms with Crippen LogP contribution in [0.25, 0.3) is 0 Å². The second-order valence-electron chi connectivity index (χ2n) is 5.04. The summed E-state index contributed by atoms with van der Waals surface area (Å²) in [5.74, 6) is 1.96. The first-order valence-electron chi connectivity index (χ1n) is 6.95. The summed E-state index contributed by atoms with van der Waals surface area (Å²) in [5.41, 5.74) is 0. The van der Waals surface area contributed by atoms with E-state index < -0.39 is 0 Å². The molecular weight excluding hydrogens is 274 g/mol. The van der Waals surface area contributed by atoms with Gasteiger partial charge in [0.1, 0.15) is 11.6 Å². The van der Waals surface area contributed by atoms with Gasteiger partial charge in [-0.2, -0.15) is 0 Å². The zero-order chi connectivity index (χ0) is 13.8. The highest BCUT2D eigenvalue weighted by Crippen LogP contribution is 2.18. The molecule has 2 aromatic heterocycles. The van der Waals surface area contributed by atoms with Gasteiger partial charge in [0, 0.05) is 25.3 Å². The molecule has 3 heterocycles. The Morgan fingerprint density at radius 2 is 2.10 bits per heavy atom. The van der Waals surface area contributed by atoms with Gasteiger partial charge < -0.3 is 14.6 Å². The Kier molecular flexibility index (Phi) is 4.23. The van der Waals surface area contributed by atoms with Gasteiger partial charge in [-0.1, -0.05) is 6.07 Å². The van der Waals surface area contributed by atoms with E-state index in [-0.39, 0.29) is 0 Å². The number of anilines is 1. The van der Waals surface area contributed by atoms with Crippen LogP contribution >= 0.6 is 11.6 Å². The molecule has 2 aromatic rings. The van der Waals surface area contributed by atoms with Crippen LogP contribution in [0, 0.1) is 0 Å². The van der Waals surface area contributed by atoms with Gasteiger partial charge in [-0.05, 0) is 48.7 Å². The van der Waals surface area contributed by atoms with E-state index in [9.17, 15) is 0 Å². The highest BCUT2D eigenvalue weighted by Gasteiger charge is 2.19. The van der Waals surface area contributed by atoms with Crippen molar-refractivity contribution in [1.29, 1.82) is 0 Å². The third-order valence-corrected chi connectivity index (χ3v) is 3.87. The quantitative estimate of drug-likeness (QED) is 0.940. The number of nitrogens with zero attached hydrogens (tertiary/aromatic N) is 2. The third-order valence-electron chi connectivity index (χ3n) is 3.66. The lowest BCUT2D eigenvalue weighted by Gasteiger charge is -2.33. The molecular formula is C15H18ClN3O. The van der Waals surface area contributed by atoms with E-state index in [1.54, 1.807) is 6.07 Å². The third kappa shape index (κ3) is 3.32. The van der Waals surface area contributed by atoms with E-state index in [2.05, 4.69) is 21.3 Å². The largest absolute Gasteiger partial charge is 0.448 e. The van der Waals surface area contributed by atoms with E-state index in [4.69, 9.17) is 16.0 Å². The highest BCUT2D eigenvalue weighted by molar-refractivity contribution is 6.28. The van der Waals surface area contributed by atoms with Gasteiger partial charge >= 0.3 is 0 Å². The van der Waals surface area contributed by atoms with E-state index in [0.29, 0.717) is 11.3 Å². The molecule has 0 radical (unpaired) electrons. The first kappa shape index (κ1) is 13.5. The lowest BCUT2D eigenvalue weighted by molar-refractivity contribution is 0.388. The summed E-state index contributed by atoms with van der Waals surface area (Å²) in [6, 6.07) is 10.3. The predicted octanol–water partition coefficient (Wildman–Crippen LogP) is 3.09. The molecule has 1 saturated heterocycles. The van der Waals surface area contributed by atoms with Crippen molar-refractivity contribution >= 4 is 17.4 Å². The van der Waals surface area contributed by atoms with Gasteiger partial charge in [0.15, 0.2) is 5.22 Å². The standard InChI is InChI=1S/C15H18ClN3O/c16-14-5-4-13(20-14)11-18-12-6-9-19(10-7-12)15-3-1-2-8-17-15/h1-5,8,12,18H,6-7,9-11H2. The minimum atomic E-state index is 0.451. The summed E-state index contributed by atoms with van der Waals surface area (Å²) in [6.07, 6.45) is 4.08. The Morgan fingerprint density at radius 1 is 1.25 bits per heavy atom. The molecule has 5 heteroatoms. The van der Waals surface area contributed by atoms with Crippen molar-refractivity contribution in [3.05, 3.63) is 47.5 Å². The van der Waals surface area contributed by atoms with Crippen LogP contribution in [-0.4, -0.2) is 24.1 Å². The number of nitrogens with one attached hydrogen (secondary N) is 1. The molecule has 1 N–H and O–H groups in total. The van der Waals surface area contributed by atoms with Crippen molar-refractivity contribution in [1.82, 2.24) is 10.3 Å². The van der Waals surface area contributed by atoms with Gasteiger partial charge in [0.05, 0.1) is 6.54 Å². The number of rotatable bonds is 4. The number of halogens is 1. The number of hydrogen-bond acceptors (Lipinski definition) is 4. The maximum Gasteiger partial charge on any atom is 0.193 e. The molecule has 1 aliphatic heterocycles. The van der Waals surface area contributed by atoms with Crippen LogP contribution in [0.2, 0.25) is 5.22 Å². The van der Waals surface area contributed by atoms with E-state index in [0.717, 1.165) is 44.1 Å². The molecule has 0 spiro atoms. The lowest BCUT2D eigenvalue weighted by Crippen LogP contribution is -2.42. The number of pyridine rings is 1. The second-order valence-corrected chi connectivity index (χ2v) is 5.41. The van der Waals surface area contributed by atoms with Crippen LogP contribution in [0.15, 0.2) is 40.9 Å². The topological polar surface area (TPSA) is 41.3 Å². The number of piperidine rings is 1. The van der Waals surface area contributed by atoms with Gasteiger partial charge in [0.25, 0.3) is 0 Å². The molecule has 20 heavy (non-hydrogen) atoms. The molecule has 1 aliphatic rings. The molecule has 0 saturated carbocycles. The van der Waals surface area contributed by atoms with Crippen LogP contribution < -0.4 is 10.2 Å². The van der Waals surface area contributed by atoms with Crippen LogP contribution in [0.1, 0.15) is 18.6 Å². The van der Waals surface area contributed by atoms with Crippen molar-refractivity contribution in [3.63, 3.8) is 0 Å². The Labute approximate surface area is 123 Å². The Balaban J connectivity index is 1.47. The monoisotopic (exact) mass is 291 g/mol. The highest BCUT2D eigenvalue weighted by atomic mass is 35.5. The van der Waals surface area contributed by atoms with Gasteiger partial charge in [0.2, 0.25) is 0 Å². The van der Waals surface area contributed by atoms with Crippen LogP contribution in [-0.2, 0) is 6.54 Å². The van der Waals surface area contributed by atoms with Crippen molar-refractivity contribution in [2.75, 3.05) is 18.0 Å². The molecule has 0 amide bonds. The first-order valence-corrected chi connectivity index (χ1v) is 7.32. The van der Waals surface area contributed by atoms with Crippen molar-refractivity contribution < 1.29 is 4.42 Å². The first-order chi connectivity index (χ1) is 9.81. The summed E-state index contributed by atoms with van der Waals surface area (Å²) in [4.78, 5) is 6.73. The summed E-state index contributed by atoms with van der Waals surface area (Å²) in [6.45, 7) is 2.81. The molecule has 0 bridgehead atoms. The zero-order valence-electron chi connectivity index (χ0n) is 11.3. The van der Waals surface area contributed by atoms with E-state index in [1.165, 1.54) is 0 Å². The molecule has 0 aromatic carbocycles. The second kappa shape index (κ2) is 6.29. The summed E-state index contributed by atoms with van der Waals surface area (Å²) < 4.78 is 5.35. The Bertz CT molecular complexity index is 535. The smallest absolute Gasteiger partial charge is 0.193 e. The lowest BCUT2D eigenvalue weighted by atomic mass is 10.0. The van der Waals surface area contributed by atoms with Gasteiger partial charge in [-0.15, -0.1) is 0 Å². The summed E-state index contributed by atoms with van der Waals surface area (Å²) >= 11 is 5.76. The number of furan rings is 1. The molecule has 0 unspecified atom stereocenters. The van der Waals surface area contributed by atoms with E-state index >= 15 is 0 Å². The fourth-order valence-corrected chi connectivity index (χ4v) is 2.71. The molecule has 106 valence electrons. The minimum Gasteiger partial charge on any atom is -0.448 e. The van der Waals surface area contributed by atoms with Crippen molar-refractivity contribution in [2.45, 2.75) is 25.4 Å². The van der Waals surface area contributed by atoms with Gasteiger partial charge in [-0.3, -0.25) is 0 Å². The van der Waals surface area contributed by atoms with Gasteiger partial charge in [-0.25, -0.2) is 4.98 Å². The van der Waals surface area contributed by atoms with Crippen LogP contribution in [0.5, 0.6) is 0 Å². The zero-order valence-corrected chi connectivity index (χ0v) is 12.0. The molecule has 0 atom stereocenters. The maximum atomic E-state index is 5.76.